The highest BCUT2D eigenvalue weighted by Crippen LogP contribution is 2.27. The number of nitrogens with one attached hydrogen (secondary N) is 2. The molecule has 10 nitrogen and oxygen atoms in total. The Morgan fingerprint density at radius 3 is 2.60 bits per heavy atom. The lowest BCUT2D eigenvalue weighted by atomic mass is 10.1. The maximum Gasteiger partial charge on any atom is 0.397 e. The fourth-order valence-electron chi connectivity index (χ4n) is 4.68. The summed E-state index contributed by atoms with van der Waals surface area (Å²) in [5.74, 6) is 0.249. The lowest BCUT2D eigenvalue weighted by Crippen LogP contribution is -2.50. The molecule has 1 saturated heterocycles. The third-order valence-electron chi connectivity index (χ3n) is 6.76. The molecule has 13 heteroatoms. The van der Waals surface area contributed by atoms with Gasteiger partial charge in [0.15, 0.2) is 0 Å². The van der Waals surface area contributed by atoms with Crippen LogP contribution in [0.4, 0.5) is 24.9 Å². The van der Waals surface area contributed by atoms with E-state index in [9.17, 15) is 18.0 Å². The zero-order valence-corrected chi connectivity index (χ0v) is 22.1. The summed E-state index contributed by atoms with van der Waals surface area (Å²) in [7, 11) is 0. The van der Waals surface area contributed by atoms with Gasteiger partial charge in [0.1, 0.15) is 12.2 Å². The van der Waals surface area contributed by atoms with Crippen molar-refractivity contribution in [3.05, 3.63) is 54.4 Å². The zero-order chi connectivity index (χ0) is 28.3. The number of alkyl halides is 3. The molecule has 1 fully saturated rings. The Kier molecular flexibility index (Phi) is 7.83. The Morgan fingerprint density at radius 1 is 1.07 bits per heavy atom. The minimum atomic E-state index is -4.49. The first-order chi connectivity index (χ1) is 19.2. The van der Waals surface area contributed by atoms with E-state index in [1.54, 1.807) is 12.4 Å². The molecule has 0 aliphatic carbocycles. The van der Waals surface area contributed by atoms with E-state index in [1.165, 1.54) is 4.90 Å². The van der Waals surface area contributed by atoms with Crippen molar-refractivity contribution in [1.29, 1.82) is 0 Å². The normalized spacial score (nSPS) is 15.3. The number of pyridine rings is 1. The van der Waals surface area contributed by atoms with Crippen molar-refractivity contribution in [2.24, 2.45) is 0 Å². The van der Waals surface area contributed by atoms with Gasteiger partial charge in [-0.25, -0.2) is 15.0 Å². The number of nitrogens with zero attached hydrogens (tertiary/aromatic N) is 6. The Labute approximate surface area is 228 Å². The zero-order valence-electron chi connectivity index (χ0n) is 22.1. The Hall–Kier alpha value is -4.26. The molecule has 0 radical (unpaired) electrons. The van der Waals surface area contributed by atoms with Crippen molar-refractivity contribution in [1.82, 2.24) is 34.7 Å². The first kappa shape index (κ1) is 27.3. The number of amides is 1. The molecule has 40 heavy (non-hydrogen) atoms. The van der Waals surface area contributed by atoms with Gasteiger partial charge in [-0.3, -0.25) is 9.69 Å². The van der Waals surface area contributed by atoms with E-state index in [0.29, 0.717) is 37.5 Å². The van der Waals surface area contributed by atoms with Crippen molar-refractivity contribution in [3.63, 3.8) is 0 Å². The number of carbonyl (C=O) groups is 1. The van der Waals surface area contributed by atoms with Gasteiger partial charge in [-0.2, -0.15) is 18.2 Å². The van der Waals surface area contributed by atoms with Gasteiger partial charge in [-0.1, -0.05) is 6.07 Å². The van der Waals surface area contributed by atoms with Gasteiger partial charge in [0.25, 0.3) is 0 Å². The van der Waals surface area contributed by atoms with Gasteiger partial charge in [0, 0.05) is 50.2 Å². The number of fused-ring (bicyclic) bond motifs is 1. The van der Waals surface area contributed by atoms with Crippen LogP contribution in [0.5, 0.6) is 6.01 Å². The van der Waals surface area contributed by atoms with Crippen LogP contribution in [0.3, 0.4) is 0 Å². The highest BCUT2D eigenvalue weighted by Gasteiger charge is 2.35. The van der Waals surface area contributed by atoms with Gasteiger partial charge >= 0.3 is 12.2 Å². The number of piperazine rings is 1. The van der Waals surface area contributed by atoms with Crippen LogP contribution in [0, 0.1) is 0 Å². The summed E-state index contributed by atoms with van der Waals surface area (Å²) >= 11 is 0. The minimum absolute atomic E-state index is 0.0175. The monoisotopic (exact) mass is 554 g/mol. The molecule has 1 aliphatic rings. The summed E-state index contributed by atoms with van der Waals surface area (Å²) in [6.07, 6.45) is -2.55. The number of H-pyrrole nitrogens is 1. The van der Waals surface area contributed by atoms with Crippen LogP contribution in [-0.4, -0.2) is 79.6 Å². The summed E-state index contributed by atoms with van der Waals surface area (Å²) in [6.45, 7) is 5.88. The second-order valence-corrected chi connectivity index (χ2v) is 9.46. The average Bonchev–Trinajstić information content (AvgIpc) is 3.34. The molecular formula is C27H29F3N8O2. The van der Waals surface area contributed by atoms with E-state index >= 15 is 0 Å². The van der Waals surface area contributed by atoms with E-state index < -0.39 is 18.5 Å². The quantitative estimate of drug-likeness (QED) is 0.322. The van der Waals surface area contributed by atoms with Crippen LogP contribution >= 0.6 is 0 Å². The third-order valence-corrected chi connectivity index (χ3v) is 6.76. The third kappa shape index (κ3) is 6.47. The molecule has 0 spiro atoms. The number of halogens is 3. The molecule has 0 unspecified atom stereocenters. The van der Waals surface area contributed by atoms with E-state index in [1.807, 2.05) is 50.2 Å². The molecule has 4 heterocycles. The lowest BCUT2D eigenvalue weighted by Gasteiger charge is -2.38. The fourth-order valence-corrected chi connectivity index (χ4v) is 4.68. The Bertz CT molecular complexity index is 1480. The molecule has 1 aromatic carbocycles. The maximum absolute atomic E-state index is 12.6. The topological polar surface area (TPSA) is 112 Å². The van der Waals surface area contributed by atoms with E-state index in [2.05, 4.69) is 35.1 Å². The van der Waals surface area contributed by atoms with Crippen LogP contribution in [0.2, 0.25) is 0 Å². The van der Waals surface area contributed by atoms with Crippen LogP contribution in [-0.2, 0) is 4.79 Å². The minimum Gasteiger partial charge on any atom is -0.464 e. The lowest BCUT2D eigenvalue weighted by molar-refractivity contribution is -0.162. The SMILES string of the molecule is CCOc1nccc(-c2ccc3nc(Nc4cc([C@H](C)N5CCN(C(=O)CC(F)(F)F)CC5)ccn4)[nH]c3c2)n1. The molecule has 5 rings (SSSR count). The number of ether oxygens (including phenoxy) is 1. The van der Waals surface area contributed by atoms with Crippen molar-refractivity contribution in [2.45, 2.75) is 32.5 Å². The van der Waals surface area contributed by atoms with E-state index in [0.717, 1.165) is 27.9 Å². The van der Waals surface area contributed by atoms with E-state index in [4.69, 9.17) is 4.74 Å². The molecule has 2 N–H and O–H groups in total. The highest BCUT2D eigenvalue weighted by atomic mass is 19.4. The first-order valence-corrected chi connectivity index (χ1v) is 13.0. The van der Waals surface area contributed by atoms with Gasteiger partial charge in [0.05, 0.1) is 23.3 Å². The second-order valence-electron chi connectivity index (χ2n) is 9.46. The molecule has 0 bridgehead atoms. The number of anilines is 2. The standard InChI is InChI=1S/C27H29F3N8O2/c1-3-40-26-32-9-7-20(35-26)19-4-5-21-22(14-19)34-25(33-21)36-23-15-18(6-8-31-23)17(2)37-10-12-38(13-11-37)24(39)16-27(28,29)30/h4-9,14-15,17H,3,10-13,16H2,1-2H3,(H2,31,33,34,36)/t17-/m0/s1. The van der Waals surface area contributed by atoms with Crippen molar-refractivity contribution < 1.29 is 22.7 Å². The summed E-state index contributed by atoms with van der Waals surface area (Å²) in [5.41, 5.74) is 4.20. The number of hydrogen-bond acceptors (Lipinski definition) is 8. The molecular weight excluding hydrogens is 525 g/mol. The molecule has 0 saturated carbocycles. The Morgan fingerprint density at radius 2 is 1.85 bits per heavy atom. The van der Waals surface area contributed by atoms with Crippen molar-refractivity contribution in [2.75, 3.05) is 38.1 Å². The number of aromatic nitrogens is 5. The smallest absolute Gasteiger partial charge is 0.397 e. The molecule has 1 atom stereocenters. The van der Waals surface area contributed by atoms with Crippen LogP contribution in [0.1, 0.15) is 31.9 Å². The van der Waals surface area contributed by atoms with E-state index in [-0.39, 0.29) is 19.1 Å². The molecule has 4 aromatic rings. The molecule has 3 aromatic heterocycles. The number of carbonyl (C=O) groups excluding carboxylic acids is 1. The van der Waals surface area contributed by atoms with Crippen LogP contribution < -0.4 is 10.1 Å². The number of benzene rings is 1. The van der Waals surface area contributed by atoms with Gasteiger partial charge in [-0.05, 0) is 49.7 Å². The number of rotatable bonds is 8. The predicted octanol–water partition coefficient (Wildman–Crippen LogP) is 4.71. The predicted molar refractivity (Wildman–Crippen MR) is 143 cm³/mol. The fraction of sp³-hybridized carbons (Fsp3) is 0.370. The Balaban J connectivity index is 1.24. The number of hydrogen-bond donors (Lipinski definition) is 2. The van der Waals surface area contributed by atoms with Crippen molar-refractivity contribution in [3.8, 4) is 17.3 Å². The summed E-state index contributed by atoms with van der Waals surface area (Å²) in [6, 6.07) is 11.7. The second kappa shape index (κ2) is 11.5. The van der Waals surface area contributed by atoms with Crippen molar-refractivity contribution >= 4 is 28.7 Å². The van der Waals surface area contributed by atoms with Crippen LogP contribution in [0.15, 0.2) is 48.8 Å². The first-order valence-electron chi connectivity index (χ1n) is 13.0. The maximum atomic E-state index is 12.6. The van der Waals surface area contributed by atoms with Gasteiger partial charge in [-0.15, -0.1) is 0 Å². The number of imidazole rings is 1. The summed E-state index contributed by atoms with van der Waals surface area (Å²) in [4.78, 5) is 36.2. The molecule has 1 amide bonds. The van der Waals surface area contributed by atoms with Gasteiger partial charge in [0.2, 0.25) is 11.9 Å². The summed E-state index contributed by atoms with van der Waals surface area (Å²) in [5, 5.41) is 3.22. The number of aromatic amines is 1. The largest absolute Gasteiger partial charge is 0.464 e. The highest BCUT2D eigenvalue weighted by molar-refractivity contribution is 5.83. The average molecular weight is 555 g/mol. The molecule has 210 valence electrons. The summed E-state index contributed by atoms with van der Waals surface area (Å²) < 4.78 is 43.2. The van der Waals surface area contributed by atoms with Crippen LogP contribution in [0.25, 0.3) is 22.3 Å². The molecule has 1 aliphatic heterocycles. The van der Waals surface area contributed by atoms with Gasteiger partial charge < -0.3 is 19.9 Å².